The van der Waals surface area contributed by atoms with Crippen LogP contribution in [0.15, 0.2) is 47.2 Å². The molecule has 0 spiro atoms. The molecule has 18 heavy (non-hydrogen) atoms. The van der Waals surface area contributed by atoms with Crippen LogP contribution in [-0.2, 0) is 6.42 Å². The summed E-state index contributed by atoms with van der Waals surface area (Å²) >= 11 is 9.38. The highest BCUT2D eigenvalue weighted by Crippen LogP contribution is 2.21. The average Bonchev–Trinajstić information content (AvgIpc) is 2.36. The second-order valence-corrected chi connectivity index (χ2v) is 5.34. The van der Waals surface area contributed by atoms with Crippen molar-refractivity contribution >= 4 is 27.5 Å². The van der Waals surface area contributed by atoms with Crippen LogP contribution in [0.25, 0.3) is 0 Å². The topological polar surface area (TPSA) is 50.9 Å². The van der Waals surface area contributed by atoms with E-state index in [1.54, 1.807) is 12.4 Å². The van der Waals surface area contributed by atoms with Crippen molar-refractivity contribution in [3.63, 3.8) is 0 Å². The first-order valence-corrected chi connectivity index (χ1v) is 6.67. The highest BCUT2D eigenvalue weighted by atomic mass is 79.9. The van der Waals surface area contributed by atoms with Crippen molar-refractivity contribution in [1.82, 2.24) is 10.4 Å². The number of nitrogens with two attached hydrogens (primary N) is 1. The van der Waals surface area contributed by atoms with Crippen LogP contribution in [-0.4, -0.2) is 4.98 Å². The predicted molar refractivity (Wildman–Crippen MR) is 77.2 cm³/mol. The first-order chi connectivity index (χ1) is 8.69. The zero-order valence-corrected chi connectivity index (χ0v) is 11.9. The Labute approximate surface area is 119 Å². The standard InChI is InChI=1S/C13H13BrClN3/c14-11-6-10(7-17-8-11)13(18-16)5-9-2-1-3-12(15)4-9/h1-4,6-8,13,18H,5,16H2. The monoisotopic (exact) mass is 325 g/mol. The number of aromatic nitrogens is 1. The smallest absolute Gasteiger partial charge is 0.0515 e. The molecule has 0 bridgehead atoms. The van der Waals surface area contributed by atoms with Crippen molar-refractivity contribution in [3.05, 3.63) is 63.3 Å². The number of benzene rings is 1. The maximum absolute atomic E-state index is 5.97. The molecule has 0 saturated heterocycles. The van der Waals surface area contributed by atoms with Crippen LogP contribution in [0.1, 0.15) is 17.2 Å². The van der Waals surface area contributed by atoms with Gasteiger partial charge in [-0.25, -0.2) is 0 Å². The van der Waals surface area contributed by atoms with Gasteiger partial charge in [-0.1, -0.05) is 23.7 Å². The summed E-state index contributed by atoms with van der Waals surface area (Å²) in [5.74, 6) is 5.61. The zero-order valence-electron chi connectivity index (χ0n) is 9.61. The second-order valence-electron chi connectivity index (χ2n) is 3.99. The van der Waals surface area contributed by atoms with Crippen molar-refractivity contribution in [2.75, 3.05) is 0 Å². The lowest BCUT2D eigenvalue weighted by molar-refractivity contribution is 0.550. The number of halogens is 2. The van der Waals surface area contributed by atoms with E-state index in [0.29, 0.717) is 0 Å². The lowest BCUT2D eigenvalue weighted by Crippen LogP contribution is -2.29. The van der Waals surface area contributed by atoms with Gasteiger partial charge in [0.1, 0.15) is 0 Å². The Hall–Kier alpha value is -0.940. The molecule has 3 nitrogen and oxygen atoms in total. The molecular formula is C13H13BrClN3. The summed E-state index contributed by atoms with van der Waals surface area (Å²) in [5.41, 5.74) is 4.97. The molecule has 5 heteroatoms. The highest BCUT2D eigenvalue weighted by molar-refractivity contribution is 9.10. The first-order valence-electron chi connectivity index (χ1n) is 5.50. The van der Waals surface area contributed by atoms with Gasteiger partial charge in [0, 0.05) is 21.9 Å². The number of hydrogen-bond acceptors (Lipinski definition) is 3. The minimum atomic E-state index is 0.00784. The van der Waals surface area contributed by atoms with Crippen LogP contribution in [0, 0.1) is 0 Å². The molecule has 1 aromatic carbocycles. The molecule has 1 heterocycles. The van der Waals surface area contributed by atoms with Crippen molar-refractivity contribution in [2.45, 2.75) is 12.5 Å². The molecule has 0 saturated carbocycles. The molecule has 2 aromatic rings. The predicted octanol–water partition coefficient (Wildman–Crippen LogP) is 3.24. The third-order valence-electron chi connectivity index (χ3n) is 2.66. The molecule has 0 aliphatic heterocycles. The summed E-state index contributed by atoms with van der Waals surface area (Å²) in [7, 11) is 0. The molecule has 2 rings (SSSR count). The summed E-state index contributed by atoms with van der Waals surface area (Å²) < 4.78 is 0.936. The van der Waals surface area contributed by atoms with E-state index in [9.17, 15) is 0 Å². The van der Waals surface area contributed by atoms with Crippen molar-refractivity contribution in [3.8, 4) is 0 Å². The summed E-state index contributed by atoms with van der Waals surface area (Å²) in [6.45, 7) is 0. The third-order valence-corrected chi connectivity index (χ3v) is 3.33. The van der Waals surface area contributed by atoms with Crippen LogP contribution in [0.5, 0.6) is 0 Å². The fourth-order valence-electron chi connectivity index (χ4n) is 1.79. The van der Waals surface area contributed by atoms with Gasteiger partial charge in [-0.3, -0.25) is 16.3 Å². The van der Waals surface area contributed by atoms with Gasteiger partial charge in [0.05, 0.1) is 6.04 Å². The number of rotatable bonds is 4. The molecule has 1 atom stereocenters. The van der Waals surface area contributed by atoms with Gasteiger partial charge >= 0.3 is 0 Å². The molecule has 0 aliphatic rings. The lowest BCUT2D eigenvalue weighted by atomic mass is 10.0. The second kappa shape index (κ2) is 6.29. The Kier molecular flexibility index (Phi) is 4.72. The Balaban J connectivity index is 2.19. The Morgan fingerprint density at radius 3 is 2.83 bits per heavy atom. The van der Waals surface area contributed by atoms with E-state index in [4.69, 9.17) is 17.4 Å². The van der Waals surface area contributed by atoms with Gasteiger partial charge in [0.15, 0.2) is 0 Å². The van der Waals surface area contributed by atoms with Gasteiger partial charge in [0.25, 0.3) is 0 Å². The number of nitrogens with zero attached hydrogens (tertiary/aromatic N) is 1. The maximum Gasteiger partial charge on any atom is 0.0515 e. The fraction of sp³-hybridized carbons (Fsp3) is 0.154. The van der Waals surface area contributed by atoms with Crippen molar-refractivity contribution < 1.29 is 0 Å². The van der Waals surface area contributed by atoms with E-state index in [1.165, 1.54) is 0 Å². The molecule has 94 valence electrons. The first kappa shape index (κ1) is 13.5. The van der Waals surface area contributed by atoms with E-state index in [2.05, 4.69) is 26.3 Å². The molecule has 3 N–H and O–H groups in total. The maximum atomic E-state index is 5.97. The summed E-state index contributed by atoms with van der Waals surface area (Å²) in [4.78, 5) is 4.14. The molecule has 1 unspecified atom stereocenters. The largest absolute Gasteiger partial charge is 0.271 e. The van der Waals surface area contributed by atoms with Gasteiger partial charge < -0.3 is 0 Å². The highest BCUT2D eigenvalue weighted by Gasteiger charge is 2.11. The Bertz CT molecular complexity index is 533. The zero-order chi connectivity index (χ0) is 13.0. The molecule has 0 amide bonds. The minimum Gasteiger partial charge on any atom is -0.271 e. The summed E-state index contributed by atoms with van der Waals surface area (Å²) in [5, 5.41) is 0.732. The van der Waals surface area contributed by atoms with E-state index >= 15 is 0 Å². The summed E-state index contributed by atoms with van der Waals surface area (Å²) in [6, 6.07) is 9.77. The van der Waals surface area contributed by atoms with E-state index < -0.39 is 0 Å². The van der Waals surface area contributed by atoms with E-state index in [1.807, 2.05) is 30.3 Å². The number of pyridine rings is 1. The number of hydrogen-bond donors (Lipinski definition) is 2. The fourth-order valence-corrected chi connectivity index (χ4v) is 2.39. The van der Waals surface area contributed by atoms with Crippen LogP contribution in [0.3, 0.4) is 0 Å². The molecule has 0 radical (unpaired) electrons. The van der Waals surface area contributed by atoms with E-state index in [-0.39, 0.29) is 6.04 Å². The minimum absolute atomic E-state index is 0.00784. The normalized spacial score (nSPS) is 12.4. The molecular weight excluding hydrogens is 314 g/mol. The van der Waals surface area contributed by atoms with E-state index in [0.717, 1.165) is 27.0 Å². The molecule has 0 aliphatic carbocycles. The van der Waals surface area contributed by atoms with Gasteiger partial charge in [-0.2, -0.15) is 0 Å². The Morgan fingerprint density at radius 1 is 1.33 bits per heavy atom. The Morgan fingerprint density at radius 2 is 2.17 bits per heavy atom. The summed E-state index contributed by atoms with van der Waals surface area (Å²) in [6.07, 6.45) is 4.31. The number of nitrogens with one attached hydrogen (secondary N) is 1. The molecule has 0 fully saturated rings. The van der Waals surface area contributed by atoms with Crippen LogP contribution in [0.4, 0.5) is 0 Å². The van der Waals surface area contributed by atoms with Crippen LogP contribution >= 0.6 is 27.5 Å². The number of hydrazine groups is 1. The van der Waals surface area contributed by atoms with Crippen molar-refractivity contribution in [2.24, 2.45) is 5.84 Å². The SMILES string of the molecule is NNC(Cc1cccc(Cl)c1)c1cncc(Br)c1. The molecule has 1 aromatic heterocycles. The van der Waals surface area contributed by atoms with Gasteiger partial charge in [0.2, 0.25) is 0 Å². The lowest BCUT2D eigenvalue weighted by Gasteiger charge is -2.16. The van der Waals surface area contributed by atoms with Crippen molar-refractivity contribution in [1.29, 1.82) is 0 Å². The quantitative estimate of drug-likeness (QED) is 0.670. The van der Waals surface area contributed by atoms with Crippen LogP contribution in [0.2, 0.25) is 5.02 Å². The third kappa shape index (κ3) is 3.53. The average molecular weight is 327 g/mol. The van der Waals surface area contributed by atoms with Gasteiger partial charge in [-0.15, -0.1) is 0 Å². The van der Waals surface area contributed by atoms with Gasteiger partial charge in [-0.05, 0) is 51.7 Å². The van der Waals surface area contributed by atoms with Crippen LogP contribution < -0.4 is 11.3 Å².